The number of piperazine rings is 1. The number of aliphatic hydroxyl groups excluding tert-OH is 1. The van der Waals surface area contributed by atoms with Crippen molar-refractivity contribution >= 4 is 17.5 Å². The molecular weight excluding hydrogens is 301 g/mol. The highest BCUT2D eigenvalue weighted by Gasteiger charge is 2.29. The summed E-state index contributed by atoms with van der Waals surface area (Å²) in [5.74, 6) is -1.45. The zero-order valence-corrected chi connectivity index (χ0v) is 13.2. The van der Waals surface area contributed by atoms with Crippen LogP contribution in [-0.4, -0.2) is 72.6 Å². The zero-order chi connectivity index (χ0) is 16.8. The molecule has 0 aliphatic carbocycles. The molecule has 0 spiro atoms. The smallest absolute Gasteiger partial charge is 0.312 e. The first-order chi connectivity index (χ1) is 11.1. The Morgan fingerprint density at radius 3 is 2.43 bits per heavy atom. The summed E-state index contributed by atoms with van der Waals surface area (Å²) in [6.07, 6.45) is 0. The lowest BCUT2D eigenvalue weighted by molar-refractivity contribution is -0.152. The third-order valence-corrected chi connectivity index (χ3v) is 3.98. The monoisotopic (exact) mass is 323 g/mol. The summed E-state index contributed by atoms with van der Waals surface area (Å²) in [5.41, 5.74) is 0.515. The Kier molecular flexibility index (Phi) is 5.92. The average molecular weight is 323 g/mol. The number of rotatable bonds is 4. The molecule has 1 heterocycles. The Labute approximate surface area is 135 Å². The van der Waals surface area contributed by atoms with Gasteiger partial charge in [-0.2, -0.15) is 0 Å². The van der Waals surface area contributed by atoms with Crippen molar-refractivity contribution in [3.8, 4) is 0 Å². The minimum Gasteiger partial charge on any atom is -0.395 e. The van der Waals surface area contributed by atoms with Crippen LogP contribution in [-0.2, 0) is 9.59 Å². The van der Waals surface area contributed by atoms with Crippen LogP contribution in [0, 0.1) is 5.82 Å². The van der Waals surface area contributed by atoms with Gasteiger partial charge in [-0.3, -0.25) is 9.59 Å². The highest BCUT2D eigenvalue weighted by atomic mass is 19.1. The number of para-hydroxylation sites is 1. The molecule has 1 saturated heterocycles. The minimum atomic E-state index is -0.596. The molecule has 2 rings (SSSR count). The van der Waals surface area contributed by atoms with Crippen LogP contribution in [0.25, 0.3) is 0 Å². The molecule has 1 aromatic rings. The predicted molar refractivity (Wildman–Crippen MR) is 84.5 cm³/mol. The molecule has 1 aliphatic rings. The number of hydrogen-bond acceptors (Lipinski definition) is 4. The van der Waals surface area contributed by atoms with Crippen molar-refractivity contribution in [2.45, 2.75) is 6.92 Å². The van der Waals surface area contributed by atoms with Crippen molar-refractivity contribution in [2.24, 2.45) is 0 Å². The Hall–Kier alpha value is -2.15. The molecule has 1 N–H and O–H groups in total. The van der Waals surface area contributed by atoms with Gasteiger partial charge in [0.25, 0.3) is 0 Å². The number of likely N-dealkylation sites (N-methyl/N-ethyl adjacent to an activating group) is 1. The Morgan fingerprint density at radius 2 is 1.87 bits per heavy atom. The van der Waals surface area contributed by atoms with Crippen LogP contribution >= 0.6 is 0 Å². The molecule has 6 nitrogen and oxygen atoms in total. The van der Waals surface area contributed by atoms with E-state index in [2.05, 4.69) is 0 Å². The van der Waals surface area contributed by atoms with E-state index in [4.69, 9.17) is 5.11 Å². The molecule has 7 heteroatoms. The quantitative estimate of drug-likeness (QED) is 0.811. The maximum absolute atomic E-state index is 13.8. The molecule has 1 aromatic carbocycles. The molecule has 0 bridgehead atoms. The van der Waals surface area contributed by atoms with Crippen LogP contribution in [0.1, 0.15) is 6.92 Å². The van der Waals surface area contributed by atoms with Crippen molar-refractivity contribution in [2.75, 3.05) is 50.8 Å². The van der Waals surface area contributed by atoms with Crippen LogP contribution in [0.4, 0.5) is 10.1 Å². The van der Waals surface area contributed by atoms with E-state index in [0.29, 0.717) is 38.4 Å². The van der Waals surface area contributed by atoms with Crippen molar-refractivity contribution in [3.05, 3.63) is 30.1 Å². The van der Waals surface area contributed by atoms with Gasteiger partial charge in [-0.25, -0.2) is 4.39 Å². The number of anilines is 1. The second-order valence-electron chi connectivity index (χ2n) is 5.34. The van der Waals surface area contributed by atoms with Gasteiger partial charge in [0.05, 0.1) is 12.3 Å². The van der Waals surface area contributed by atoms with Gasteiger partial charge in [0.15, 0.2) is 0 Å². The lowest BCUT2D eigenvalue weighted by Gasteiger charge is -2.36. The molecule has 0 unspecified atom stereocenters. The standard InChI is InChI=1S/C16H22FN3O3/c1-2-18(11-12-21)15(22)16(23)20-9-7-19(8-10-20)14-6-4-3-5-13(14)17/h3-6,21H,2,7-12H2,1H3. The summed E-state index contributed by atoms with van der Waals surface area (Å²) in [5, 5.41) is 8.93. The maximum Gasteiger partial charge on any atom is 0.312 e. The number of benzene rings is 1. The van der Waals surface area contributed by atoms with E-state index >= 15 is 0 Å². The minimum absolute atomic E-state index is 0.149. The molecule has 23 heavy (non-hydrogen) atoms. The fraction of sp³-hybridized carbons (Fsp3) is 0.500. The molecular formula is C16H22FN3O3. The van der Waals surface area contributed by atoms with Crippen LogP contribution in [0.3, 0.4) is 0 Å². The van der Waals surface area contributed by atoms with Crippen molar-refractivity contribution in [1.82, 2.24) is 9.80 Å². The second-order valence-corrected chi connectivity index (χ2v) is 5.34. The SMILES string of the molecule is CCN(CCO)C(=O)C(=O)N1CCN(c2ccccc2F)CC1. The van der Waals surface area contributed by atoms with Crippen LogP contribution in [0.15, 0.2) is 24.3 Å². The van der Waals surface area contributed by atoms with E-state index in [-0.39, 0.29) is 19.0 Å². The van der Waals surface area contributed by atoms with Gasteiger partial charge in [-0.05, 0) is 19.1 Å². The summed E-state index contributed by atoms with van der Waals surface area (Å²) >= 11 is 0. The van der Waals surface area contributed by atoms with Crippen molar-refractivity contribution < 1.29 is 19.1 Å². The predicted octanol–water partition coefficient (Wildman–Crippen LogP) is 0.315. The second kappa shape index (κ2) is 7.92. The number of nitrogens with zero attached hydrogens (tertiary/aromatic N) is 3. The van der Waals surface area contributed by atoms with Gasteiger partial charge in [0.1, 0.15) is 5.82 Å². The maximum atomic E-state index is 13.8. The molecule has 126 valence electrons. The Balaban J connectivity index is 1.95. The molecule has 0 aromatic heterocycles. The normalized spacial score (nSPS) is 14.7. The zero-order valence-electron chi connectivity index (χ0n) is 13.2. The molecule has 0 atom stereocenters. The number of carbonyl (C=O) groups excluding carboxylic acids is 2. The van der Waals surface area contributed by atoms with Crippen molar-refractivity contribution in [1.29, 1.82) is 0 Å². The summed E-state index contributed by atoms with van der Waals surface area (Å²) in [6.45, 7) is 3.81. The third-order valence-electron chi connectivity index (χ3n) is 3.98. The lowest BCUT2D eigenvalue weighted by atomic mass is 10.2. The van der Waals surface area contributed by atoms with E-state index in [0.717, 1.165) is 0 Å². The van der Waals surface area contributed by atoms with E-state index in [1.54, 1.807) is 25.1 Å². The van der Waals surface area contributed by atoms with Gasteiger partial charge >= 0.3 is 11.8 Å². The number of halogens is 1. The molecule has 1 aliphatic heterocycles. The molecule has 0 radical (unpaired) electrons. The van der Waals surface area contributed by atoms with Gasteiger partial charge in [0, 0.05) is 39.3 Å². The Morgan fingerprint density at radius 1 is 1.22 bits per heavy atom. The average Bonchev–Trinajstić information content (AvgIpc) is 2.59. The van der Waals surface area contributed by atoms with E-state index in [1.807, 2.05) is 4.90 Å². The first kappa shape index (κ1) is 17.2. The van der Waals surface area contributed by atoms with Crippen LogP contribution in [0.2, 0.25) is 0 Å². The first-order valence-corrected chi connectivity index (χ1v) is 7.77. The third kappa shape index (κ3) is 3.98. The number of aliphatic hydroxyl groups is 1. The molecule has 2 amide bonds. The van der Waals surface area contributed by atoms with Crippen molar-refractivity contribution in [3.63, 3.8) is 0 Å². The van der Waals surface area contributed by atoms with Crippen LogP contribution in [0.5, 0.6) is 0 Å². The fourth-order valence-electron chi connectivity index (χ4n) is 2.65. The summed E-state index contributed by atoms with van der Waals surface area (Å²) in [4.78, 5) is 29.0. The highest BCUT2D eigenvalue weighted by molar-refractivity contribution is 6.34. The van der Waals surface area contributed by atoms with E-state index in [9.17, 15) is 14.0 Å². The largest absolute Gasteiger partial charge is 0.395 e. The summed E-state index contributed by atoms with van der Waals surface area (Å²) < 4.78 is 13.8. The van der Waals surface area contributed by atoms with Gasteiger partial charge < -0.3 is 19.8 Å². The number of hydrogen-bond donors (Lipinski definition) is 1. The topological polar surface area (TPSA) is 64.1 Å². The number of amides is 2. The van der Waals surface area contributed by atoms with Gasteiger partial charge in [-0.15, -0.1) is 0 Å². The fourth-order valence-corrected chi connectivity index (χ4v) is 2.65. The molecule has 0 saturated carbocycles. The van der Waals surface area contributed by atoms with E-state index < -0.39 is 11.8 Å². The van der Waals surface area contributed by atoms with E-state index in [1.165, 1.54) is 15.9 Å². The Bertz CT molecular complexity index is 559. The summed E-state index contributed by atoms with van der Waals surface area (Å²) in [6, 6.07) is 6.52. The van der Waals surface area contributed by atoms with Crippen LogP contribution < -0.4 is 4.90 Å². The first-order valence-electron chi connectivity index (χ1n) is 7.77. The highest BCUT2D eigenvalue weighted by Crippen LogP contribution is 2.20. The molecule has 1 fully saturated rings. The van der Waals surface area contributed by atoms with Gasteiger partial charge in [-0.1, -0.05) is 12.1 Å². The lowest BCUT2D eigenvalue weighted by Crippen LogP contribution is -2.53. The number of carbonyl (C=O) groups is 2. The van der Waals surface area contributed by atoms with Gasteiger partial charge in [0.2, 0.25) is 0 Å². The summed E-state index contributed by atoms with van der Waals surface area (Å²) in [7, 11) is 0.